The Morgan fingerprint density at radius 2 is 1.74 bits per heavy atom. The van der Waals surface area contributed by atoms with Crippen molar-refractivity contribution in [3.63, 3.8) is 0 Å². The summed E-state index contributed by atoms with van der Waals surface area (Å²) in [6.07, 6.45) is 0.776. The van der Waals surface area contributed by atoms with Crippen LogP contribution in [0.15, 0.2) is 78.4 Å². The zero-order valence-corrected chi connectivity index (χ0v) is 22.6. The summed E-state index contributed by atoms with van der Waals surface area (Å²) in [7, 11) is 0. The second kappa shape index (κ2) is 11.3. The third-order valence-electron chi connectivity index (χ3n) is 7.57. The van der Waals surface area contributed by atoms with E-state index in [1.54, 1.807) is 11.0 Å². The zero-order chi connectivity index (χ0) is 27.5. The molecule has 2 aliphatic rings. The van der Waals surface area contributed by atoms with Crippen LogP contribution < -0.4 is 14.4 Å². The van der Waals surface area contributed by atoms with E-state index in [-0.39, 0.29) is 17.4 Å². The number of para-hydroxylation sites is 1. The number of amides is 1. The second-order valence-electron chi connectivity index (χ2n) is 10.1. The summed E-state index contributed by atoms with van der Waals surface area (Å²) >= 11 is 0. The van der Waals surface area contributed by atoms with Crippen molar-refractivity contribution in [1.82, 2.24) is 4.90 Å². The van der Waals surface area contributed by atoms with E-state index in [0.717, 1.165) is 30.8 Å². The number of likely N-dealkylation sites (N-methyl/N-ethyl adjacent to an activating group) is 1. The number of ether oxygens (including phenoxy) is 2. The molecule has 1 fully saturated rings. The Hall–Kier alpha value is -4.10. The summed E-state index contributed by atoms with van der Waals surface area (Å²) in [6, 6.07) is 21.5. The number of hydrogen-bond donors (Lipinski definition) is 2. The van der Waals surface area contributed by atoms with Crippen molar-refractivity contribution in [2.24, 2.45) is 0 Å². The molecule has 1 amide bonds. The molecule has 2 atom stereocenters. The van der Waals surface area contributed by atoms with E-state index in [2.05, 4.69) is 13.8 Å². The fourth-order valence-corrected chi connectivity index (χ4v) is 5.44. The molecule has 7 nitrogen and oxygen atoms in total. The van der Waals surface area contributed by atoms with Gasteiger partial charge in [0.15, 0.2) is 0 Å². The highest BCUT2D eigenvalue weighted by Crippen LogP contribution is 2.41. The first-order valence-corrected chi connectivity index (χ1v) is 13.6. The number of Topliss-reactive ketones (excluding diaryl/α,β-unsaturated/α-hetero) is 1. The second-order valence-corrected chi connectivity index (χ2v) is 10.1. The Morgan fingerprint density at radius 1 is 1.00 bits per heavy atom. The lowest BCUT2D eigenvalue weighted by Gasteiger charge is -2.27. The molecule has 2 aliphatic heterocycles. The standard InChI is InChI=1S/C32H34N2O5/c1-4-33(5-2)16-17-34-29(22-10-9-13-26(20-22)39-25-11-7-6-8-12-25)28(31(36)32(34)37)30(35)23-14-15-27-24(19-23)18-21(3)38-27/h6-15,19-21,29,35H,4-5,16-18H2,1-3H3/p+1/t21-,29+/m1/s1. The normalized spacial score (nSPS) is 19.8. The molecular weight excluding hydrogens is 492 g/mol. The Labute approximate surface area is 229 Å². The molecule has 0 aromatic heterocycles. The van der Waals surface area contributed by atoms with Gasteiger partial charge < -0.3 is 24.4 Å². The van der Waals surface area contributed by atoms with Crippen LogP contribution in [0.25, 0.3) is 5.76 Å². The quantitative estimate of drug-likeness (QED) is 0.248. The third kappa shape index (κ3) is 5.40. The SMILES string of the molecule is CC[NH+](CC)CCN1C(=O)C(=O)C(=C(O)c2ccc3c(c2)C[C@@H](C)O3)[C@@H]1c1cccc(Oc2ccccc2)c1. The topological polar surface area (TPSA) is 80.5 Å². The van der Waals surface area contributed by atoms with Crippen LogP contribution in [0, 0.1) is 0 Å². The minimum Gasteiger partial charge on any atom is -0.507 e. The van der Waals surface area contributed by atoms with E-state index in [4.69, 9.17) is 9.47 Å². The first-order chi connectivity index (χ1) is 18.9. The monoisotopic (exact) mass is 527 g/mol. The minimum absolute atomic E-state index is 0.0536. The third-order valence-corrected chi connectivity index (χ3v) is 7.57. The molecule has 0 unspecified atom stereocenters. The zero-order valence-electron chi connectivity index (χ0n) is 22.6. The molecule has 0 aliphatic carbocycles. The van der Waals surface area contributed by atoms with E-state index in [1.165, 1.54) is 4.90 Å². The first-order valence-electron chi connectivity index (χ1n) is 13.6. The Kier molecular flexibility index (Phi) is 7.70. The maximum Gasteiger partial charge on any atom is 0.295 e. The van der Waals surface area contributed by atoms with Crippen LogP contribution in [0.1, 0.15) is 43.5 Å². The van der Waals surface area contributed by atoms with Gasteiger partial charge in [0.05, 0.1) is 37.8 Å². The summed E-state index contributed by atoms with van der Waals surface area (Å²) < 4.78 is 11.9. The average Bonchev–Trinajstić information content (AvgIpc) is 3.44. The predicted molar refractivity (Wildman–Crippen MR) is 149 cm³/mol. The molecule has 0 spiro atoms. The Balaban J connectivity index is 1.57. The summed E-state index contributed by atoms with van der Waals surface area (Å²) in [6.45, 7) is 9.13. The van der Waals surface area contributed by atoms with E-state index >= 15 is 0 Å². The molecule has 202 valence electrons. The lowest BCUT2D eigenvalue weighted by Crippen LogP contribution is -3.12. The van der Waals surface area contributed by atoms with Gasteiger partial charge in [0.25, 0.3) is 11.7 Å². The van der Waals surface area contributed by atoms with E-state index in [9.17, 15) is 14.7 Å². The number of rotatable bonds is 9. The fourth-order valence-electron chi connectivity index (χ4n) is 5.44. The highest BCUT2D eigenvalue weighted by atomic mass is 16.5. The number of aliphatic hydroxyl groups excluding tert-OH is 1. The molecule has 1 saturated heterocycles. The maximum atomic E-state index is 13.5. The lowest BCUT2D eigenvalue weighted by molar-refractivity contribution is -0.895. The number of nitrogens with one attached hydrogen (secondary N) is 1. The maximum absolute atomic E-state index is 13.5. The number of carbonyl (C=O) groups is 2. The van der Waals surface area contributed by atoms with Gasteiger partial charge in [-0.3, -0.25) is 9.59 Å². The molecule has 3 aromatic carbocycles. The van der Waals surface area contributed by atoms with Crippen molar-refractivity contribution < 1.29 is 29.1 Å². The number of hydrogen-bond acceptors (Lipinski definition) is 5. The molecule has 5 rings (SSSR count). The van der Waals surface area contributed by atoms with Crippen molar-refractivity contribution in [1.29, 1.82) is 0 Å². The summed E-state index contributed by atoms with van der Waals surface area (Å²) in [5.74, 6) is 0.606. The van der Waals surface area contributed by atoms with Gasteiger partial charge in [0.1, 0.15) is 29.1 Å². The van der Waals surface area contributed by atoms with Crippen molar-refractivity contribution in [3.05, 3.63) is 95.1 Å². The number of nitrogens with zero attached hydrogens (tertiary/aromatic N) is 1. The first kappa shape index (κ1) is 26.5. The van der Waals surface area contributed by atoms with Crippen LogP contribution in [-0.4, -0.2) is 54.0 Å². The fraction of sp³-hybridized carbons (Fsp3) is 0.312. The van der Waals surface area contributed by atoms with Crippen molar-refractivity contribution in [2.75, 3.05) is 26.2 Å². The number of aliphatic hydroxyl groups is 1. The van der Waals surface area contributed by atoms with E-state index < -0.39 is 17.7 Å². The van der Waals surface area contributed by atoms with Crippen LogP contribution in [0.5, 0.6) is 17.2 Å². The van der Waals surface area contributed by atoms with Gasteiger partial charge in [0.2, 0.25) is 0 Å². The van der Waals surface area contributed by atoms with Gasteiger partial charge in [-0.05, 0) is 74.4 Å². The molecule has 3 aromatic rings. The van der Waals surface area contributed by atoms with Crippen LogP contribution in [0.4, 0.5) is 0 Å². The highest BCUT2D eigenvalue weighted by molar-refractivity contribution is 6.46. The molecule has 2 heterocycles. The number of likely N-dealkylation sites (tertiary alicyclic amines) is 1. The number of fused-ring (bicyclic) bond motifs is 1. The molecule has 0 saturated carbocycles. The number of quaternary nitrogens is 1. The summed E-state index contributed by atoms with van der Waals surface area (Å²) in [5.41, 5.74) is 2.27. The van der Waals surface area contributed by atoms with Crippen LogP contribution >= 0.6 is 0 Å². The van der Waals surface area contributed by atoms with Gasteiger partial charge in [0, 0.05) is 12.0 Å². The molecule has 0 bridgehead atoms. The average molecular weight is 528 g/mol. The molecule has 2 N–H and O–H groups in total. The highest BCUT2D eigenvalue weighted by Gasteiger charge is 2.46. The summed E-state index contributed by atoms with van der Waals surface area (Å²) in [5, 5.41) is 11.5. The van der Waals surface area contributed by atoms with Gasteiger partial charge in [-0.1, -0.05) is 30.3 Å². The minimum atomic E-state index is -0.734. The molecular formula is C32H35N2O5+. The molecule has 7 heteroatoms. The lowest BCUT2D eigenvalue weighted by atomic mass is 9.94. The smallest absolute Gasteiger partial charge is 0.295 e. The molecule has 39 heavy (non-hydrogen) atoms. The van der Waals surface area contributed by atoms with E-state index in [1.807, 2.05) is 73.7 Å². The molecule has 0 radical (unpaired) electrons. The van der Waals surface area contributed by atoms with Crippen molar-refractivity contribution in [3.8, 4) is 17.2 Å². The largest absolute Gasteiger partial charge is 0.507 e. The van der Waals surface area contributed by atoms with Crippen LogP contribution in [0.2, 0.25) is 0 Å². The van der Waals surface area contributed by atoms with Crippen LogP contribution in [-0.2, 0) is 16.0 Å². The number of carbonyl (C=O) groups excluding carboxylic acids is 2. The number of ketones is 1. The van der Waals surface area contributed by atoms with Crippen molar-refractivity contribution >= 4 is 17.4 Å². The number of benzene rings is 3. The van der Waals surface area contributed by atoms with Gasteiger partial charge >= 0.3 is 0 Å². The van der Waals surface area contributed by atoms with Gasteiger partial charge in [-0.2, -0.15) is 0 Å². The van der Waals surface area contributed by atoms with E-state index in [0.29, 0.717) is 35.7 Å². The summed E-state index contributed by atoms with van der Waals surface area (Å²) in [4.78, 5) is 29.8. The van der Waals surface area contributed by atoms with Gasteiger partial charge in [-0.15, -0.1) is 0 Å². The van der Waals surface area contributed by atoms with Crippen LogP contribution in [0.3, 0.4) is 0 Å². The Bertz CT molecular complexity index is 1400. The van der Waals surface area contributed by atoms with Crippen molar-refractivity contribution in [2.45, 2.75) is 39.3 Å². The Morgan fingerprint density at radius 3 is 2.49 bits per heavy atom. The van der Waals surface area contributed by atoms with Gasteiger partial charge in [-0.25, -0.2) is 0 Å². The predicted octanol–water partition coefficient (Wildman–Crippen LogP) is 4.15.